The van der Waals surface area contributed by atoms with E-state index in [2.05, 4.69) is 21.6 Å². The van der Waals surface area contributed by atoms with Crippen LogP contribution in [0.4, 0.5) is 0 Å². The lowest BCUT2D eigenvalue weighted by atomic mass is 10.2. The molecule has 0 spiro atoms. The Hall–Kier alpha value is -1.39. The van der Waals surface area contributed by atoms with Gasteiger partial charge in [0, 0.05) is 25.8 Å². The van der Waals surface area contributed by atoms with Crippen molar-refractivity contribution in [3.63, 3.8) is 0 Å². The molecule has 0 aromatic carbocycles. The molecule has 22 heavy (non-hydrogen) atoms. The minimum absolute atomic E-state index is 0. The summed E-state index contributed by atoms with van der Waals surface area (Å²) in [4.78, 5) is 22.0. The van der Waals surface area contributed by atoms with Crippen LogP contribution >= 0.6 is 25.7 Å². The van der Waals surface area contributed by atoms with Crippen LogP contribution in [0.3, 0.4) is 0 Å². The van der Waals surface area contributed by atoms with E-state index in [1.807, 2.05) is 0 Å². The van der Waals surface area contributed by atoms with E-state index in [0.29, 0.717) is 25.1 Å². The van der Waals surface area contributed by atoms with Crippen molar-refractivity contribution in [2.24, 2.45) is 10.1 Å². The highest BCUT2D eigenvalue weighted by Crippen LogP contribution is 2.07. The van der Waals surface area contributed by atoms with Gasteiger partial charge in [-0.2, -0.15) is 17.9 Å². The van der Waals surface area contributed by atoms with E-state index in [-0.39, 0.29) is 44.7 Å². The summed E-state index contributed by atoms with van der Waals surface area (Å²) in [6.45, 7) is 3.64. The summed E-state index contributed by atoms with van der Waals surface area (Å²) in [5, 5.41) is 14.4. The molecule has 0 saturated carbocycles. The Balaban J connectivity index is 0. The second-order valence-corrected chi connectivity index (χ2v) is 4.78. The smallest absolute Gasteiger partial charge is 0.239 e. The molecule has 2 amide bonds. The normalized spacial score (nSPS) is 10.5. The van der Waals surface area contributed by atoms with Crippen LogP contribution in [0.2, 0.25) is 0 Å². The van der Waals surface area contributed by atoms with Crippen LogP contribution in [0.15, 0.2) is 16.7 Å². The molecule has 0 aliphatic carbocycles. The van der Waals surface area contributed by atoms with Crippen molar-refractivity contribution in [1.29, 1.82) is 0 Å². The van der Waals surface area contributed by atoms with Crippen LogP contribution in [0.1, 0.15) is 25.7 Å². The lowest BCUT2D eigenvalue weighted by Crippen LogP contribution is -2.38. The molecule has 0 atom stereocenters. The maximum atomic E-state index is 11.5. The third-order valence-corrected chi connectivity index (χ3v) is 2.69. The van der Waals surface area contributed by atoms with Gasteiger partial charge in [-0.05, 0) is 6.42 Å². The lowest BCUT2D eigenvalue weighted by Gasteiger charge is -2.09. The van der Waals surface area contributed by atoms with Gasteiger partial charge in [-0.1, -0.05) is 6.58 Å². The van der Waals surface area contributed by atoms with Gasteiger partial charge >= 0.3 is 0 Å². The van der Waals surface area contributed by atoms with E-state index in [1.54, 1.807) is 0 Å². The number of hydrogen-bond donors (Lipinski definition) is 4. The number of amidine groups is 1. The van der Waals surface area contributed by atoms with Gasteiger partial charge in [0.25, 0.3) is 0 Å². The Labute approximate surface area is 141 Å². The summed E-state index contributed by atoms with van der Waals surface area (Å²) in [6.07, 6.45) is 1.76. The van der Waals surface area contributed by atoms with E-state index in [0.717, 1.165) is 12.2 Å². The number of nitrogens with zero attached hydrogens (tertiary/aromatic N) is 1. The average Bonchev–Trinajstić information content (AvgIpc) is 2.40. The molecular weight excluding hydrogens is 328 g/mol. The first-order valence-electron chi connectivity index (χ1n) is 6.38. The highest BCUT2D eigenvalue weighted by atomic mass is 32.2. The number of nitrogens with two attached hydrogens (primary N) is 1. The molecule has 10 heteroatoms. The van der Waals surface area contributed by atoms with Crippen LogP contribution in [-0.4, -0.2) is 43.0 Å². The number of aliphatic hydroxyl groups excluding tert-OH is 1. The maximum Gasteiger partial charge on any atom is 0.239 e. The molecule has 0 aliphatic heterocycles. The van der Waals surface area contributed by atoms with E-state index in [1.165, 1.54) is 7.11 Å². The molecule has 0 radical (unpaired) electrons. The number of carbonyl (C=O) groups is 2. The molecule has 0 aromatic rings. The number of carbonyl (C=O) groups excluding carboxylic acids is 2. The van der Waals surface area contributed by atoms with Crippen molar-refractivity contribution in [2.75, 3.05) is 20.2 Å². The molecule has 8 nitrogen and oxygen atoms in total. The SMILES string of the molecule is C=C(O)CCC/C(=N\SOC)NCC(=O)NCCC(N)=O.S. The van der Waals surface area contributed by atoms with Crippen molar-refractivity contribution in [3.8, 4) is 0 Å². The third-order valence-electron chi connectivity index (χ3n) is 2.25. The molecule has 5 N–H and O–H groups in total. The predicted molar refractivity (Wildman–Crippen MR) is 92.9 cm³/mol. The zero-order chi connectivity index (χ0) is 16.1. The first-order chi connectivity index (χ1) is 9.95. The Morgan fingerprint density at radius 3 is 2.55 bits per heavy atom. The summed E-state index contributed by atoms with van der Waals surface area (Å²) in [5.41, 5.74) is 4.97. The molecule has 0 aromatic heterocycles. The molecule has 0 heterocycles. The molecule has 0 rings (SSSR count). The monoisotopic (exact) mass is 352 g/mol. The Morgan fingerprint density at radius 1 is 1.32 bits per heavy atom. The summed E-state index contributed by atoms with van der Waals surface area (Å²) < 4.78 is 8.82. The molecule has 0 aliphatic rings. The molecule has 0 unspecified atom stereocenters. The van der Waals surface area contributed by atoms with Crippen molar-refractivity contribution in [2.45, 2.75) is 25.7 Å². The van der Waals surface area contributed by atoms with Crippen LogP contribution in [0.25, 0.3) is 0 Å². The summed E-state index contributed by atoms with van der Waals surface area (Å²) in [7, 11) is 1.48. The van der Waals surface area contributed by atoms with Gasteiger partial charge in [0.1, 0.15) is 18.1 Å². The standard InChI is InChI=1S/C12H22N4O4S.H2S/c1-9(17)4-3-5-11(16-21-20-2)15-8-12(19)14-7-6-10(13)18;/h17H,1,3-8H2,2H3,(H2,13,18)(H,14,19)(H,15,16);1H2. The zero-order valence-electron chi connectivity index (χ0n) is 12.6. The number of aliphatic hydroxyl groups is 1. The Morgan fingerprint density at radius 2 is 2.00 bits per heavy atom. The number of hydrogen-bond acceptors (Lipinski definition) is 6. The zero-order valence-corrected chi connectivity index (χ0v) is 14.4. The highest BCUT2D eigenvalue weighted by Gasteiger charge is 2.05. The summed E-state index contributed by atoms with van der Waals surface area (Å²) in [5.74, 6) is -0.0461. The fraction of sp³-hybridized carbons (Fsp3) is 0.583. The Bertz CT molecular complexity index is 391. The van der Waals surface area contributed by atoms with Gasteiger partial charge in [0.05, 0.1) is 19.4 Å². The van der Waals surface area contributed by atoms with Gasteiger partial charge in [-0.15, -0.1) is 0 Å². The topological polar surface area (TPSA) is 126 Å². The van der Waals surface area contributed by atoms with Crippen LogP contribution < -0.4 is 16.4 Å². The van der Waals surface area contributed by atoms with E-state index in [9.17, 15) is 9.59 Å². The second-order valence-electron chi connectivity index (χ2n) is 4.12. The average molecular weight is 352 g/mol. The largest absolute Gasteiger partial charge is 0.513 e. The minimum atomic E-state index is -0.466. The van der Waals surface area contributed by atoms with Gasteiger partial charge < -0.3 is 21.5 Å². The minimum Gasteiger partial charge on any atom is -0.513 e. The first-order valence-corrected chi connectivity index (χ1v) is 7.07. The summed E-state index contributed by atoms with van der Waals surface area (Å²) >= 11 is 0.896. The molecule has 128 valence electrons. The molecular formula is C12H24N4O4S2. The molecule has 0 saturated heterocycles. The maximum absolute atomic E-state index is 11.5. The van der Waals surface area contributed by atoms with Crippen molar-refractivity contribution >= 4 is 43.4 Å². The molecule has 0 bridgehead atoms. The second kappa shape index (κ2) is 14.5. The van der Waals surface area contributed by atoms with Crippen molar-refractivity contribution in [1.82, 2.24) is 10.6 Å². The van der Waals surface area contributed by atoms with Crippen LogP contribution in [0.5, 0.6) is 0 Å². The molecule has 0 fully saturated rings. The van der Waals surface area contributed by atoms with Crippen LogP contribution in [-0.2, 0) is 13.8 Å². The van der Waals surface area contributed by atoms with E-state index < -0.39 is 5.91 Å². The Kier molecular flexibility index (Phi) is 15.1. The fourth-order valence-electron chi connectivity index (χ4n) is 1.28. The van der Waals surface area contributed by atoms with Crippen molar-refractivity contribution < 1.29 is 18.9 Å². The van der Waals surface area contributed by atoms with Gasteiger partial charge in [0.15, 0.2) is 0 Å². The van der Waals surface area contributed by atoms with Crippen LogP contribution in [0, 0.1) is 0 Å². The van der Waals surface area contributed by atoms with E-state index >= 15 is 0 Å². The van der Waals surface area contributed by atoms with Gasteiger partial charge in [0.2, 0.25) is 11.8 Å². The number of nitrogens with one attached hydrogen (secondary N) is 2. The summed E-state index contributed by atoms with van der Waals surface area (Å²) in [6, 6.07) is 0. The predicted octanol–water partition coefficient (Wildman–Crippen LogP) is 0.531. The number of allylic oxidation sites excluding steroid dienone is 1. The lowest BCUT2D eigenvalue weighted by molar-refractivity contribution is -0.120. The van der Waals surface area contributed by atoms with Gasteiger partial charge in [-0.25, -0.2) is 0 Å². The highest BCUT2D eigenvalue weighted by molar-refractivity contribution is 7.93. The fourth-order valence-corrected chi connectivity index (χ4v) is 1.60. The number of rotatable bonds is 11. The van der Waals surface area contributed by atoms with Crippen molar-refractivity contribution in [3.05, 3.63) is 12.3 Å². The quantitative estimate of drug-likeness (QED) is 0.141. The first kappa shape index (κ1) is 22.9. The number of primary amides is 1. The third kappa shape index (κ3) is 15.0. The number of amides is 2. The van der Waals surface area contributed by atoms with E-state index in [4.69, 9.17) is 15.0 Å². The van der Waals surface area contributed by atoms with Gasteiger partial charge in [-0.3, -0.25) is 13.8 Å².